The van der Waals surface area contributed by atoms with Gasteiger partial charge in [0, 0.05) is 30.5 Å². The quantitative estimate of drug-likeness (QED) is 0.624. The topological polar surface area (TPSA) is 87.5 Å². The molecule has 0 saturated carbocycles. The summed E-state index contributed by atoms with van der Waals surface area (Å²) in [5.74, 6) is 1.95. The van der Waals surface area contributed by atoms with Gasteiger partial charge in [-0.2, -0.15) is 0 Å². The molecule has 1 unspecified atom stereocenters. The van der Waals surface area contributed by atoms with Crippen molar-refractivity contribution < 1.29 is 19.0 Å². The van der Waals surface area contributed by atoms with Crippen LogP contribution in [0.25, 0.3) is 22.3 Å². The van der Waals surface area contributed by atoms with Gasteiger partial charge in [0.25, 0.3) is 0 Å². The van der Waals surface area contributed by atoms with Crippen molar-refractivity contribution in [3.05, 3.63) is 30.6 Å². The summed E-state index contributed by atoms with van der Waals surface area (Å²) in [7, 11) is 3.21. The third-order valence-electron chi connectivity index (χ3n) is 5.73. The lowest BCUT2D eigenvalue weighted by atomic mass is 10.0. The van der Waals surface area contributed by atoms with E-state index in [9.17, 15) is 4.79 Å². The zero-order valence-electron chi connectivity index (χ0n) is 18.5. The number of ether oxygens (including phenoxy) is 3. The van der Waals surface area contributed by atoms with Crippen LogP contribution in [0.2, 0.25) is 0 Å². The van der Waals surface area contributed by atoms with Crippen LogP contribution in [-0.4, -0.2) is 47.3 Å². The number of nitrogens with zero attached hydrogens (tertiary/aromatic N) is 3. The maximum Gasteiger partial charge on any atom is 0.241 e. The monoisotopic (exact) mass is 424 g/mol. The van der Waals surface area contributed by atoms with E-state index in [0.717, 1.165) is 22.3 Å². The first-order chi connectivity index (χ1) is 14.9. The van der Waals surface area contributed by atoms with E-state index in [0.29, 0.717) is 30.3 Å². The number of hydrogen-bond acceptors (Lipinski definition) is 6. The van der Waals surface area contributed by atoms with Crippen molar-refractivity contribution >= 4 is 16.9 Å². The van der Waals surface area contributed by atoms with Gasteiger partial charge >= 0.3 is 0 Å². The van der Waals surface area contributed by atoms with Crippen LogP contribution in [-0.2, 0) is 4.79 Å². The number of benzene rings is 1. The van der Waals surface area contributed by atoms with Crippen LogP contribution in [0, 0.1) is 5.92 Å². The molecular formula is C23H28N4O4. The second kappa shape index (κ2) is 8.45. The Morgan fingerprint density at radius 2 is 1.90 bits per heavy atom. The summed E-state index contributed by atoms with van der Waals surface area (Å²) in [5.41, 5.74) is 3.25. The predicted molar refractivity (Wildman–Crippen MR) is 118 cm³/mol. The molecule has 31 heavy (non-hydrogen) atoms. The van der Waals surface area contributed by atoms with Crippen LogP contribution in [0.4, 0.5) is 0 Å². The van der Waals surface area contributed by atoms with Gasteiger partial charge in [0.05, 0.1) is 31.8 Å². The molecule has 8 heteroatoms. The number of fused-ring (bicyclic) bond motifs is 1. The highest BCUT2D eigenvalue weighted by Crippen LogP contribution is 2.35. The van der Waals surface area contributed by atoms with Crippen molar-refractivity contribution in [2.24, 2.45) is 5.92 Å². The first-order valence-electron chi connectivity index (χ1n) is 10.4. The van der Waals surface area contributed by atoms with Crippen molar-refractivity contribution in [1.82, 2.24) is 19.9 Å². The maximum absolute atomic E-state index is 11.7. The number of hydrogen-bond donors (Lipinski definition) is 1. The van der Waals surface area contributed by atoms with E-state index in [-0.39, 0.29) is 24.0 Å². The molecule has 164 valence electrons. The van der Waals surface area contributed by atoms with Crippen molar-refractivity contribution in [1.29, 1.82) is 0 Å². The number of carbonyl (C=O) groups is 1. The van der Waals surface area contributed by atoms with E-state index in [1.54, 1.807) is 14.2 Å². The Hall–Kier alpha value is -3.29. The number of imidazole rings is 1. The molecule has 0 spiro atoms. The molecule has 0 bridgehead atoms. The van der Waals surface area contributed by atoms with Gasteiger partial charge in [0.2, 0.25) is 11.8 Å². The minimum atomic E-state index is -0.175. The van der Waals surface area contributed by atoms with Crippen molar-refractivity contribution in [2.75, 3.05) is 20.8 Å². The normalized spacial score (nSPS) is 17.1. The van der Waals surface area contributed by atoms with E-state index in [1.165, 1.54) is 0 Å². The van der Waals surface area contributed by atoms with Crippen LogP contribution in [0.5, 0.6) is 17.4 Å². The second-order valence-electron chi connectivity index (χ2n) is 8.09. The lowest BCUT2D eigenvalue weighted by molar-refractivity contribution is -0.119. The number of aromatic nitrogens is 3. The minimum Gasteiger partial charge on any atom is -0.493 e. The predicted octanol–water partition coefficient (Wildman–Crippen LogP) is 3.60. The van der Waals surface area contributed by atoms with Crippen molar-refractivity contribution in [2.45, 2.75) is 39.3 Å². The Bertz CT molecular complexity index is 1110. The van der Waals surface area contributed by atoms with Crippen LogP contribution >= 0.6 is 0 Å². The molecule has 1 aromatic carbocycles. The smallest absolute Gasteiger partial charge is 0.241 e. The van der Waals surface area contributed by atoms with Gasteiger partial charge in [-0.3, -0.25) is 4.79 Å². The lowest BCUT2D eigenvalue weighted by Crippen LogP contribution is -2.26. The molecule has 1 fully saturated rings. The van der Waals surface area contributed by atoms with Gasteiger partial charge in [-0.1, -0.05) is 0 Å². The Morgan fingerprint density at radius 3 is 2.55 bits per heavy atom. The molecular weight excluding hydrogens is 396 g/mol. The van der Waals surface area contributed by atoms with Crippen molar-refractivity contribution in [3.8, 4) is 28.6 Å². The fraction of sp³-hybridized carbons (Fsp3) is 0.435. The van der Waals surface area contributed by atoms with Crippen molar-refractivity contribution in [3.63, 3.8) is 0 Å². The van der Waals surface area contributed by atoms with E-state index in [4.69, 9.17) is 19.2 Å². The molecule has 1 amide bonds. The van der Waals surface area contributed by atoms with Crippen LogP contribution < -0.4 is 19.5 Å². The standard InChI is InChI=1S/C23H28N4O4/c1-13(2)27-12-25-18-10-17(15-6-7-19(29-4)20(8-15)30-5)26-23(22(18)27)31-14(3)16-9-21(28)24-11-16/h6-8,10,12-14,16H,9,11H2,1-5H3,(H,24,28)/t14-,16?/m1/s1. The summed E-state index contributed by atoms with van der Waals surface area (Å²) in [6.07, 6.45) is 2.10. The lowest BCUT2D eigenvalue weighted by Gasteiger charge is -2.21. The summed E-state index contributed by atoms with van der Waals surface area (Å²) >= 11 is 0. The summed E-state index contributed by atoms with van der Waals surface area (Å²) in [4.78, 5) is 21.1. The van der Waals surface area contributed by atoms with Gasteiger partial charge < -0.3 is 24.1 Å². The first kappa shape index (κ1) is 21.0. The van der Waals surface area contributed by atoms with E-state index < -0.39 is 0 Å². The van der Waals surface area contributed by atoms with Gasteiger partial charge in [-0.05, 0) is 45.0 Å². The number of nitrogens with one attached hydrogen (secondary N) is 1. The zero-order valence-corrected chi connectivity index (χ0v) is 18.5. The van der Waals surface area contributed by atoms with Gasteiger partial charge in [0.1, 0.15) is 11.6 Å². The number of carbonyl (C=O) groups excluding carboxylic acids is 1. The third-order valence-corrected chi connectivity index (χ3v) is 5.73. The molecule has 3 aromatic rings. The number of methoxy groups -OCH3 is 2. The molecule has 0 aliphatic carbocycles. The molecule has 2 atom stereocenters. The van der Waals surface area contributed by atoms with Crippen LogP contribution in [0.1, 0.15) is 33.2 Å². The maximum atomic E-state index is 11.7. The highest BCUT2D eigenvalue weighted by molar-refractivity contribution is 5.85. The molecule has 8 nitrogen and oxygen atoms in total. The van der Waals surface area contributed by atoms with E-state index in [2.05, 4.69) is 28.7 Å². The molecule has 1 saturated heterocycles. The summed E-state index contributed by atoms with van der Waals surface area (Å²) in [6, 6.07) is 7.83. The SMILES string of the molecule is COc1ccc(-c2cc3ncn(C(C)C)c3c(O[C@H](C)C3CNC(=O)C3)n2)cc1OC. The first-order valence-corrected chi connectivity index (χ1v) is 10.4. The highest BCUT2D eigenvalue weighted by Gasteiger charge is 2.29. The molecule has 3 heterocycles. The third kappa shape index (κ3) is 4.02. The fourth-order valence-electron chi connectivity index (χ4n) is 3.87. The van der Waals surface area contributed by atoms with Crippen LogP contribution in [0.15, 0.2) is 30.6 Å². The largest absolute Gasteiger partial charge is 0.493 e. The second-order valence-corrected chi connectivity index (χ2v) is 8.09. The van der Waals surface area contributed by atoms with E-state index in [1.807, 2.05) is 37.5 Å². The average molecular weight is 425 g/mol. The van der Waals surface area contributed by atoms with Gasteiger partial charge in [0.15, 0.2) is 11.5 Å². The molecule has 4 rings (SSSR count). The van der Waals surface area contributed by atoms with Gasteiger partial charge in [-0.15, -0.1) is 0 Å². The molecule has 1 N–H and O–H groups in total. The summed E-state index contributed by atoms with van der Waals surface area (Å²) in [5, 5.41) is 2.88. The zero-order chi connectivity index (χ0) is 22.1. The minimum absolute atomic E-state index is 0.0601. The molecule has 1 aliphatic rings. The molecule has 2 aromatic heterocycles. The number of pyridine rings is 1. The fourth-order valence-corrected chi connectivity index (χ4v) is 3.87. The van der Waals surface area contributed by atoms with Gasteiger partial charge in [-0.25, -0.2) is 9.97 Å². The number of amides is 1. The highest BCUT2D eigenvalue weighted by atomic mass is 16.5. The Kier molecular flexibility index (Phi) is 5.71. The Labute approximate surface area is 181 Å². The summed E-state index contributed by atoms with van der Waals surface area (Å²) in [6.45, 7) is 6.78. The average Bonchev–Trinajstić information content (AvgIpc) is 3.39. The molecule has 1 aliphatic heterocycles. The Morgan fingerprint density at radius 1 is 1.13 bits per heavy atom. The Balaban J connectivity index is 1.79. The van der Waals surface area contributed by atoms with E-state index >= 15 is 0 Å². The van der Waals surface area contributed by atoms with Crippen LogP contribution in [0.3, 0.4) is 0 Å². The molecule has 0 radical (unpaired) electrons. The number of rotatable bonds is 7. The summed E-state index contributed by atoms with van der Waals surface area (Å²) < 4.78 is 19.2.